The molecule has 2 aliphatic heterocycles. The van der Waals surface area contributed by atoms with E-state index < -0.39 is 40.3 Å². The Kier molecular flexibility index (Phi) is 5.03. The lowest BCUT2D eigenvalue weighted by atomic mass is 9.96. The molecule has 2 atom stereocenters. The highest BCUT2D eigenvalue weighted by Gasteiger charge is 2.45. The number of fused-ring (bicyclic) bond motifs is 4. The van der Waals surface area contributed by atoms with Crippen LogP contribution in [0, 0.1) is 5.82 Å². The zero-order chi connectivity index (χ0) is 21.1. The zero-order valence-electron chi connectivity index (χ0n) is 14.3. The second-order valence-corrected chi connectivity index (χ2v) is 7.90. The molecule has 5 nitrogen and oxygen atoms in total. The smallest absolute Gasteiger partial charge is 0.314 e. The van der Waals surface area contributed by atoms with Crippen molar-refractivity contribution in [1.82, 2.24) is 15.1 Å². The molecule has 3 heterocycles. The highest BCUT2D eigenvalue weighted by Crippen LogP contribution is 2.47. The molecule has 0 unspecified atom stereocenters. The predicted molar refractivity (Wildman–Crippen MR) is 98.8 cm³/mol. The van der Waals surface area contributed by atoms with Gasteiger partial charge in [-0.25, -0.2) is 9.18 Å². The molecule has 1 N–H and O–H groups in total. The highest BCUT2D eigenvalue weighted by atomic mass is 35.5. The van der Waals surface area contributed by atoms with Gasteiger partial charge >= 0.3 is 12.2 Å². The third kappa shape index (κ3) is 3.49. The number of rotatable bonds is 1. The van der Waals surface area contributed by atoms with Crippen LogP contribution >= 0.6 is 34.8 Å². The van der Waals surface area contributed by atoms with Crippen molar-refractivity contribution in [2.24, 2.45) is 0 Å². The molecule has 2 bridgehead atoms. The van der Waals surface area contributed by atoms with Crippen LogP contribution < -0.4 is 5.32 Å². The van der Waals surface area contributed by atoms with Crippen molar-refractivity contribution in [3.8, 4) is 0 Å². The van der Waals surface area contributed by atoms with Gasteiger partial charge in [0.1, 0.15) is 5.82 Å². The molecule has 0 aliphatic carbocycles. The van der Waals surface area contributed by atoms with E-state index in [0.29, 0.717) is 30.4 Å². The molecule has 29 heavy (non-hydrogen) atoms. The van der Waals surface area contributed by atoms with Crippen LogP contribution in [0.1, 0.15) is 35.6 Å². The van der Waals surface area contributed by atoms with Crippen molar-refractivity contribution < 1.29 is 22.4 Å². The third-order valence-electron chi connectivity index (χ3n) is 5.14. The summed E-state index contributed by atoms with van der Waals surface area (Å²) in [5.41, 5.74) is -0.467. The van der Waals surface area contributed by atoms with E-state index >= 15 is 0 Å². The molecule has 2 aromatic rings. The van der Waals surface area contributed by atoms with Crippen molar-refractivity contribution in [2.75, 3.05) is 5.32 Å². The van der Waals surface area contributed by atoms with Gasteiger partial charge in [-0.05, 0) is 31.4 Å². The molecule has 4 rings (SSSR count). The normalized spacial score (nSPS) is 20.6. The summed E-state index contributed by atoms with van der Waals surface area (Å²) in [6, 6.07) is -0.367. The lowest BCUT2D eigenvalue weighted by Gasteiger charge is -2.36. The fourth-order valence-electron chi connectivity index (χ4n) is 3.92. The van der Waals surface area contributed by atoms with E-state index in [4.69, 9.17) is 34.8 Å². The van der Waals surface area contributed by atoms with Crippen molar-refractivity contribution in [2.45, 2.75) is 37.5 Å². The monoisotopic (exact) mass is 468 g/mol. The standard InChI is InChI=1S/C17H11Cl3F4N4O/c18-9-5-11(10(21)4-8(9)17(22,23)24)25-16(29)28-6-1-2-12(28)13-7(3-6)14(19)26-27-15(13)20/h4-6,12H,1-3H2,(H,25,29)/t6-,12+/m1/s1. The second-order valence-electron chi connectivity index (χ2n) is 6.77. The molecule has 1 aromatic carbocycles. The van der Waals surface area contributed by atoms with E-state index in [1.165, 1.54) is 4.90 Å². The van der Waals surface area contributed by atoms with Gasteiger partial charge in [0.05, 0.1) is 22.3 Å². The maximum absolute atomic E-state index is 14.2. The Morgan fingerprint density at radius 2 is 1.83 bits per heavy atom. The Bertz CT molecular complexity index is 1020. The number of anilines is 1. The summed E-state index contributed by atoms with van der Waals surface area (Å²) < 4.78 is 52.8. The van der Waals surface area contributed by atoms with Gasteiger partial charge in [0, 0.05) is 17.2 Å². The molecule has 0 saturated carbocycles. The minimum Gasteiger partial charge on any atom is -0.314 e. The fourth-order valence-corrected chi connectivity index (χ4v) is 4.69. The number of hydrogen-bond donors (Lipinski definition) is 1. The number of urea groups is 1. The molecular weight excluding hydrogens is 459 g/mol. The number of carbonyl (C=O) groups excluding carboxylic acids is 1. The predicted octanol–water partition coefficient (Wildman–Crippen LogP) is 5.89. The first-order valence-corrected chi connectivity index (χ1v) is 9.57. The summed E-state index contributed by atoms with van der Waals surface area (Å²) in [6.07, 6.45) is -3.18. The van der Waals surface area contributed by atoms with E-state index in [-0.39, 0.29) is 22.4 Å². The number of amides is 2. The lowest BCUT2D eigenvalue weighted by Crippen LogP contribution is -2.44. The number of carbonyl (C=O) groups is 1. The number of halogens is 7. The number of nitrogens with zero attached hydrogens (tertiary/aromatic N) is 3. The quantitative estimate of drug-likeness (QED) is 0.530. The lowest BCUT2D eigenvalue weighted by molar-refractivity contribution is -0.137. The number of nitrogens with one attached hydrogen (secondary N) is 1. The Labute approximate surface area is 176 Å². The van der Waals surface area contributed by atoms with Crippen LogP contribution in [0.25, 0.3) is 0 Å². The Hall–Kier alpha value is -1.84. The maximum atomic E-state index is 14.2. The van der Waals surface area contributed by atoms with Gasteiger partial charge in [0.25, 0.3) is 0 Å². The number of benzene rings is 1. The number of aromatic nitrogens is 2. The third-order valence-corrected chi connectivity index (χ3v) is 6.03. The molecular formula is C17H11Cl3F4N4O. The van der Waals surface area contributed by atoms with Gasteiger partial charge < -0.3 is 10.2 Å². The molecule has 12 heteroatoms. The Morgan fingerprint density at radius 1 is 1.14 bits per heavy atom. The first-order valence-electron chi connectivity index (χ1n) is 8.44. The molecule has 2 amide bonds. The van der Waals surface area contributed by atoms with E-state index in [9.17, 15) is 22.4 Å². The Balaban J connectivity index is 1.64. The summed E-state index contributed by atoms with van der Waals surface area (Å²) in [5, 5.41) is 9.50. The van der Waals surface area contributed by atoms with Crippen LogP contribution in [0.15, 0.2) is 12.1 Å². The highest BCUT2D eigenvalue weighted by molar-refractivity contribution is 6.32. The van der Waals surface area contributed by atoms with Gasteiger partial charge in [-0.3, -0.25) is 0 Å². The van der Waals surface area contributed by atoms with Crippen molar-refractivity contribution in [1.29, 1.82) is 0 Å². The molecule has 2 aliphatic rings. The Morgan fingerprint density at radius 3 is 2.52 bits per heavy atom. The summed E-state index contributed by atoms with van der Waals surface area (Å²) in [7, 11) is 0. The van der Waals surface area contributed by atoms with Crippen LogP contribution in [-0.4, -0.2) is 27.2 Å². The van der Waals surface area contributed by atoms with Gasteiger partial charge in [-0.15, -0.1) is 10.2 Å². The van der Waals surface area contributed by atoms with E-state index in [1.807, 2.05) is 0 Å². The van der Waals surface area contributed by atoms with Crippen LogP contribution in [-0.2, 0) is 12.6 Å². The molecule has 154 valence electrons. The van der Waals surface area contributed by atoms with Crippen molar-refractivity contribution in [3.05, 3.63) is 50.0 Å². The summed E-state index contributed by atoms with van der Waals surface area (Å²) in [4.78, 5) is 14.3. The van der Waals surface area contributed by atoms with Crippen molar-refractivity contribution in [3.63, 3.8) is 0 Å². The van der Waals surface area contributed by atoms with E-state index in [0.717, 1.165) is 6.07 Å². The minimum atomic E-state index is -4.81. The molecule has 1 saturated heterocycles. The van der Waals surface area contributed by atoms with Gasteiger partial charge in [-0.1, -0.05) is 34.8 Å². The number of alkyl halides is 3. The van der Waals surface area contributed by atoms with Crippen LogP contribution in [0.4, 0.5) is 28.0 Å². The van der Waals surface area contributed by atoms with Crippen LogP contribution in [0.2, 0.25) is 15.3 Å². The van der Waals surface area contributed by atoms with Gasteiger partial charge in [-0.2, -0.15) is 13.2 Å². The summed E-state index contributed by atoms with van der Waals surface area (Å²) >= 11 is 17.9. The summed E-state index contributed by atoms with van der Waals surface area (Å²) in [6.45, 7) is 0. The van der Waals surface area contributed by atoms with E-state index in [2.05, 4.69) is 15.5 Å². The molecule has 1 fully saturated rings. The number of hydrogen-bond acceptors (Lipinski definition) is 3. The summed E-state index contributed by atoms with van der Waals surface area (Å²) in [5.74, 6) is -1.24. The minimum absolute atomic E-state index is 0.122. The largest absolute Gasteiger partial charge is 0.417 e. The fraction of sp³-hybridized carbons (Fsp3) is 0.353. The maximum Gasteiger partial charge on any atom is 0.417 e. The average Bonchev–Trinajstić information content (AvgIpc) is 2.93. The van der Waals surface area contributed by atoms with Gasteiger partial charge in [0.2, 0.25) is 0 Å². The van der Waals surface area contributed by atoms with Crippen LogP contribution in [0.5, 0.6) is 0 Å². The van der Waals surface area contributed by atoms with Crippen LogP contribution in [0.3, 0.4) is 0 Å². The zero-order valence-corrected chi connectivity index (χ0v) is 16.6. The van der Waals surface area contributed by atoms with E-state index in [1.54, 1.807) is 0 Å². The second kappa shape index (κ2) is 7.14. The molecule has 1 aromatic heterocycles. The first kappa shape index (κ1) is 20.4. The SMILES string of the molecule is O=C(Nc1cc(Cl)c(C(F)(F)F)cc1F)N1[C@@H]2CC[C@H]1c1c(Cl)nnc(Cl)c1C2. The van der Waals surface area contributed by atoms with Gasteiger partial charge in [0.15, 0.2) is 10.3 Å². The topological polar surface area (TPSA) is 58.1 Å². The van der Waals surface area contributed by atoms with Crippen molar-refractivity contribution >= 4 is 46.5 Å². The molecule has 0 spiro atoms. The molecule has 0 radical (unpaired) electrons. The first-order chi connectivity index (χ1) is 13.6. The average molecular weight is 470 g/mol.